The lowest BCUT2D eigenvalue weighted by atomic mass is 9.97. The quantitative estimate of drug-likeness (QED) is 0.564. The number of hydrogen-bond donors (Lipinski definition) is 1. The molecule has 180 valence electrons. The number of benzene rings is 1. The molecular weight excluding hydrogens is 422 g/mol. The molecule has 33 heavy (non-hydrogen) atoms. The van der Waals surface area contributed by atoms with Gasteiger partial charge in [-0.05, 0) is 42.9 Å². The molecule has 2 saturated heterocycles. The molecule has 0 bridgehead atoms. The molecule has 2 fully saturated rings. The normalized spacial score (nSPS) is 22.4. The van der Waals surface area contributed by atoms with Crippen LogP contribution in [0.15, 0.2) is 30.0 Å². The summed E-state index contributed by atoms with van der Waals surface area (Å²) in [7, 11) is 0. The van der Waals surface area contributed by atoms with Gasteiger partial charge in [-0.1, -0.05) is 19.1 Å². The highest BCUT2D eigenvalue weighted by Gasteiger charge is 2.42. The fraction of sp³-hybridized carbons (Fsp3) is 0.600. The molecule has 3 aliphatic heterocycles. The van der Waals surface area contributed by atoms with Crippen LogP contribution in [0.2, 0.25) is 0 Å². The number of amides is 2. The second kappa shape index (κ2) is 11.1. The topological polar surface area (TPSA) is 82.6 Å². The lowest BCUT2D eigenvalue weighted by Crippen LogP contribution is -2.45. The standard InChI is InChI=1S/C25H35N3O5/c1-2-14-33-21-7-5-20(6-8-21)22-23(27-9-3-4-19(17-27)18-29)25(31)28(24(22)30)11-10-26-12-15-32-16-13-26/h5-8,19,29H,2-4,9-18H2,1H3. The molecule has 0 radical (unpaired) electrons. The fourth-order valence-electron chi connectivity index (χ4n) is 4.74. The molecule has 1 aromatic rings. The van der Waals surface area contributed by atoms with Gasteiger partial charge in [0.25, 0.3) is 11.8 Å². The summed E-state index contributed by atoms with van der Waals surface area (Å²) in [6.07, 6.45) is 2.74. The Labute approximate surface area is 195 Å². The van der Waals surface area contributed by atoms with E-state index in [9.17, 15) is 14.7 Å². The highest BCUT2D eigenvalue weighted by atomic mass is 16.5. The van der Waals surface area contributed by atoms with Gasteiger partial charge in [-0.3, -0.25) is 19.4 Å². The molecule has 3 heterocycles. The first-order valence-corrected chi connectivity index (χ1v) is 12.1. The van der Waals surface area contributed by atoms with E-state index in [1.54, 1.807) is 0 Å². The predicted octanol–water partition coefficient (Wildman–Crippen LogP) is 1.59. The van der Waals surface area contributed by atoms with Crippen LogP contribution in [-0.2, 0) is 14.3 Å². The van der Waals surface area contributed by atoms with Crippen molar-refractivity contribution in [3.8, 4) is 5.75 Å². The van der Waals surface area contributed by atoms with Crippen molar-refractivity contribution < 1.29 is 24.2 Å². The van der Waals surface area contributed by atoms with Crippen LogP contribution in [-0.4, -0.2) is 97.3 Å². The Bertz CT molecular complexity index is 863. The third-order valence-electron chi connectivity index (χ3n) is 6.60. The number of aliphatic hydroxyl groups is 1. The van der Waals surface area contributed by atoms with Gasteiger partial charge in [-0.2, -0.15) is 0 Å². The number of carbonyl (C=O) groups excluding carboxylic acids is 2. The summed E-state index contributed by atoms with van der Waals surface area (Å²) in [6, 6.07) is 7.45. The molecule has 4 rings (SSSR count). The van der Waals surface area contributed by atoms with Crippen molar-refractivity contribution >= 4 is 17.4 Å². The van der Waals surface area contributed by atoms with Crippen molar-refractivity contribution in [2.75, 3.05) is 65.7 Å². The van der Waals surface area contributed by atoms with Gasteiger partial charge in [-0.15, -0.1) is 0 Å². The van der Waals surface area contributed by atoms with E-state index in [-0.39, 0.29) is 24.3 Å². The summed E-state index contributed by atoms with van der Waals surface area (Å²) in [4.78, 5) is 32.7. The zero-order valence-electron chi connectivity index (χ0n) is 19.5. The number of piperidine rings is 1. The molecule has 8 nitrogen and oxygen atoms in total. The molecular formula is C25H35N3O5. The Kier molecular flexibility index (Phi) is 8.01. The minimum atomic E-state index is -0.239. The van der Waals surface area contributed by atoms with Crippen molar-refractivity contribution in [1.82, 2.24) is 14.7 Å². The third kappa shape index (κ3) is 5.39. The van der Waals surface area contributed by atoms with Crippen LogP contribution >= 0.6 is 0 Å². The number of hydrogen-bond acceptors (Lipinski definition) is 7. The molecule has 0 aromatic heterocycles. The van der Waals surface area contributed by atoms with Gasteiger partial charge in [-0.25, -0.2) is 0 Å². The number of imide groups is 1. The van der Waals surface area contributed by atoms with E-state index in [4.69, 9.17) is 9.47 Å². The summed E-state index contributed by atoms with van der Waals surface area (Å²) in [5.74, 6) is 0.398. The average molecular weight is 458 g/mol. The third-order valence-corrected chi connectivity index (χ3v) is 6.60. The summed E-state index contributed by atoms with van der Waals surface area (Å²) < 4.78 is 11.1. The van der Waals surface area contributed by atoms with E-state index in [1.165, 1.54) is 4.90 Å². The van der Waals surface area contributed by atoms with E-state index in [1.807, 2.05) is 29.2 Å². The molecule has 1 N–H and O–H groups in total. The Balaban J connectivity index is 1.59. The van der Waals surface area contributed by atoms with Gasteiger partial charge in [0.05, 0.1) is 25.4 Å². The van der Waals surface area contributed by atoms with Gasteiger partial charge in [0.15, 0.2) is 0 Å². The predicted molar refractivity (Wildman–Crippen MR) is 125 cm³/mol. The van der Waals surface area contributed by atoms with Crippen LogP contribution in [0.3, 0.4) is 0 Å². The summed E-state index contributed by atoms with van der Waals surface area (Å²) in [5.41, 5.74) is 1.66. The van der Waals surface area contributed by atoms with Gasteiger partial charge in [0, 0.05) is 45.9 Å². The highest BCUT2D eigenvalue weighted by Crippen LogP contribution is 2.34. The Morgan fingerprint density at radius 1 is 1.06 bits per heavy atom. The molecule has 3 aliphatic rings. The van der Waals surface area contributed by atoms with Gasteiger partial charge in [0.1, 0.15) is 11.4 Å². The number of nitrogens with zero attached hydrogens (tertiary/aromatic N) is 3. The van der Waals surface area contributed by atoms with Crippen LogP contribution in [0.1, 0.15) is 31.7 Å². The largest absolute Gasteiger partial charge is 0.494 e. The molecule has 0 spiro atoms. The van der Waals surface area contributed by atoms with Gasteiger partial charge in [0.2, 0.25) is 0 Å². The van der Waals surface area contributed by atoms with Crippen LogP contribution in [0, 0.1) is 5.92 Å². The maximum Gasteiger partial charge on any atom is 0.277 e. The lowest BCUT2D eigenvalue weighted by Gasteiger charge is -2.34. The molecule has 1 unspecified atom stereocenters. The molecule has 1 aromatic carbocycles. The SMILES string of the molecule is CCCOc1ccc(C2=C(N3CCCC(CO)C3)C(=O)N(CCN3CCOCC3)C2=O)cc1. The first-order valence-electron chi connectivity index (χ1n) is 12.1. The van der Waals surface area contributed by atoms with Crippen molar-refractivity contribution in [1.29, 1.82) is 0 Å². The zero-order valence-corrected chi connectivity index (χ0v) is 19.5. The average Bonchev–Trinajstić information content (AvgIpc) is 3.11. The van der Waals surface area contributed by atoms with E-state index in [0.29, 0.717) is 57.3 Å². The summed E-state index contributed by atoms with van der Waals surface area (Å²) >= 11 is 0. The van der Waals surface area contributed by atoms with Crippen LogP contribution < -0.4 is 4.74 Å². The number of aliphatic hydroxyl groups excluding tert-OH is 1. The second-order valence-electron chi connectivity index (χ2n) is 8.95. The van der Waals surface area contributed by atoms with E-state index < -0.39 is 0 Å². The first-order chi connectivity index (χ1) is 16.1. The fourth-order valence-corrected chi connectivity index (χ4v) is 4.74. The van der Waals surface area contributed by atoms with Crippen LogP contribution in [0.25, 0.3) is 5.57 Å². The summed E-state index contributed by atoms with van der Waals surface area (Å²) in [5, 5.41) is 9.70. The Hall–Kier alpha value is -2.42. The number of likely N-dealkylation sites (tertiary alicyclic amines) is 1. The molecule has 2 amide bonds. The number of ether oxygens (including phenoxy) is 2. The minimum Gasteiger partial charge on any atom is -0.494 e. The number of rotatable bonds is 9. The second-order valence-corrected chi connectivity index (χ2v) is 8.95. The highest BCUT2D eigenvalue weighted by molar-refractivity contribution is 6.35. The van der Waals surface area contributed by atoms with Crippen LogP contribution in [0.5, 0.6) is 5.75 Å². The summed E-state index contributed by atoms with van der Waals surface area (Å²) in [6.45, 7) is 8.06. The number of morpholine rings is 1. The molecule has 0 aliphatic carbocycles. The van der Waals surface area contributed by atoms with Crippen LogP contribution in [0.4, 0.5) is 0 Å². The van der Waals surface area contributed by atoms with E-state index in [2.05, 4.69) is 11.8 Å². The van der Waals surface area contributed by atoms with E-state index >= 15 is 0 Å². The maximum absolute atomic E-state index is 13.6. The van der Waals surface area contributed by atoms with E-state index in [0.717, 1.165) is 43.7 Å². The van der Waals surface area contributed by atoms with Gasteiger partial charge < -0.3 is 19.5 Å². The molecule has 1 atom stereocenters. The first kappa shape index (κ1) is 23.7. The minimum absolute atomic E-state index is 0.0887. The Morgan fingerprint density at radius 2 is 1.82 bits per heavy atom. The van der Waals surface area contributed by atoms with Crippen molar-refractivity contribution in [3.05, 3.63) is 35.5 Å². The molecule has 8 heteroatoms. The number of carbonyl (C=O) groups is 2. The monoisotopic (exact) mass is 457 g/mol. The van der Waals surface area contributed by atoms with Gasteiger partial charge >= 0.3 is 0 Å². The zero-order chi connectivity index (χ0) is 23.2. The van der Waals surface area contributed by atoms with Crippen molar-refractivity contribution in [3.63, 3.8) is 0 Å². The lowest BCUT2D eigenvalue weighted by molar-refractivity contribution is -0.138. The smallest absolute Gasteiger partial charge is 0.277 e. The van der Waals surface area contributed by atoms with Crippen molar-refractivity contribution in [2.45, 2.75) is 26.2 Å². The van der Waals surface area contributed by atoms with Crippen molar-refractivity contribution in [2.24, 2.45) is 5.92 Å². The Morgan fingerprint density at radius 3 is 2.52 bits per heavy atom. The molecule has 0 saturated carbocycles. The maximum atomic E-state index is 13.6.